The molecule has 6 aromatic rings. The van der Waals surface area contributed by atoms with Crippen LogP contribution in [0.1, 0.15) is 11.1 Å². The number of ether oxygens (including phenoxy) is 1. The van der Waals surface area contributed by atoms with Gasteiger partial charge >= 0.3 is 6.36 Å². The zero-order chi connectivity index (χ0) is 28.4. The molecule has 6 rings (SSSR count). The van der Waals surface area contributed by atoms with Crippen LogP contribution in [0.2, 0.25) is 0 Å². The summed E-state index contributed by atoms with van der Waals surface area (Å²) < 4.78 is 42.9. The van der Waals surface area contributed by atoms with Crippen LogP contribution in [0, 0.1) is 13.8 Å². The fraction of sp³-hybridized carbons (Fsp3) is 0.103. The summed E-state index contributed by atoms with van der Waals surface area (Å²) in [6.45, 7) is 3.83. The van der Waals surface area contributed by atoms with Crippen LogP contribution in [0.3, 0.4) is 0 Å². The number of H-pyrrole nitrogens is 1. The summed E-state index contributed by atoms with van der Waals surface area (Å²) in [6, 6.07) is 15.8. The normalized spacial score (nSPS) is 11.4. The van der Waals surface area contributed by atoms with Gasteiger partial charge in [-0.15, -0.1) is 13.2 Å². The molecule has 5 N–H and O–H groups in total. The maximum absolute atomic E-state index is 12.9. The Morgan fingerprint density at radius 1 is 0.725 bits per heavy atom. The molecule has 0 radical (unpaired) electrons. The van der Waals surface area contributed by atoms with Crippen molar-refractivity contribution in [1.82, 2.24) is 24.9 Å². The van der Waals surface area contributed by atoms with Gasteiger partial charge < -0.3 is 9.72 Å². The van der Waals surface area contributed by atoms with E-state index in [-0.39, 0.29) is 5.75 Å². The van der Waals surface area contributed by atoms with Crippen molar-refractivity contribution in [3.05, 3.63) is 90.6 Å². The van der Waals surface area contributed by atoms with Gasteiger partial charge in [-0.2, -0.15) is 0 Å². The largest absolute Gasteiger partial charge is 0.573 e. The number of hydrogen-bond acceptors (Lipinski definition) is 7. The lowest BCUT2D eigenvalue weighted by atomic mass is 9.91. The van der Waals surface area contributed by atoms with E-state index in [1.54, 1.807) is 18.5 Å². The topological polar surface area (TPSA) is 129 Å². The summed E-state index contributed by atoms with van der Waals surface area (Å²) in [5.74, 6) is 7.70. The molecular weight excluding hydrogens is 519 g/mol. The molecule has 202 valence electrons. The molecule has 0 amide bonds. The van der Waals surface area contributed by atoms with Crippen LogP contribution in [-0.4, -0.2) is 31.3 Å². The molecule has 4 heterocycles. The van der Waals surface area contributed by atoms with Gasteiger partial charge in [0, 0.05) is 46.1 Å². The van der Waals surface area contributed by atoms with Gasteiger partial charge in [0.15, 0.2) is 0 Å². The molecule has 0 bridgehead atoms. The van der Waals surface area contributed by atoms with Crippen molar-refractivity contribution in [2.24, 2.45) is 11.7 Å². The number of hydrazine groups is 1. The van der Waals surface area contributed by atoms with Gasteiger partial charge in [-0.05, 0) is 66.8 Å². The smallest absolute Gasteiger partial charge is 0.406 e. The van der Waals surface area contributed by atoms with Crippen LogP contribution in [0.25, 0.3) is 55.6 Å². The second-order valence-corrected chi connectivity index (χ2v) is 8.90. The summed E-state index contributed by atoms with van der Waals surface area (Å²) in [5.41, 5.74) is 6.81. The second-order valence-electron chi connectivity index (χ2n) is 8.90. The minimum Gasteiger partial charge on any atom is -0.406 e. The average molecular weight is 544 g/mol. The standard InChI is InChI=1S/C29H20F3N5O.H4N2/c1-16-5-7-18(38-29(30,31)32)14-23(16)25-20-8-6-17(2)24(19(20)9-12-34-25)27-21(4-3-11-33-27)26-22-10-13-35-28(22)37-15-36-26;1-2/h3-15H,1-2H3,(H,35,36,37);1-2H2. The number of aromatic nitrogens is 5. The average Bonchev–Trinajstić information content (AvgIpc) is 3.43. The van der Waals surface area contributed by atoms with E-state index in [4.69, 9.17) is 4.98 Å². The number of nitrogens with two attached hydrogens (primary N) is 2. The predicted molar refractivity (Wildman–Crippen MR) is 148 cm³/mol. The minimum absolute atomic E-state index is 0.296. The third-order valence-electron chi connectivity index (χ3n) is 6.51. The highest BCUT2D eigenvalue weighted by molar-refractivity contribution is 6.07. The quantitative estimate of drug-likeness (QED) is 0.177. The van der Waals surface area contributed by atoms with E-state index in [1.165, 1.54) is 18.5 Å². The van der Waals surface area contributed by atoms with Crippen molar-refractivity contribution in [1.29, 1.82) is 0 Å². The molecule has 0 saturated heterocycles. The van der Waals surface area contributed by atoms with Crippen molar-refractivity contribution in [2.75, 3.05) is 0 Å². The number of rotatable bonds is 4. The number of nitrogens with zero attached hydrogens (tertiary/aromatic N) is 4. The van der Waals surface area contributed by atoms with E-state index >= 15 is 0 Å². The van der Waals surface area contributed by atoms with Gasteiger partial charge in [0.05, 0.1) is 17.1 Å². The molecule has 0 aliphatic heterocycles. The highest BCUT2D eigenvalue weighted by atomic mass is 19.4. The first kappa shape index (κ1) is 26.7. The molecule has 2 aromatic carbocycles. The van der Waals surface area contributed by atoms with E-state index in [1.807, 2.05) is 56.4 Å². The number of aryl methyl sites for hydroxylation is 2. The monoisotopic (exact) mass is 543 g/mol. The van der Waals surface area contributed by atoms with Crippen LogP contribution in [0.4, 0.5) is 13.2 Å². The molecule has 0 aliphatic carbocycles. The Morgan fingerprint density at radius 2 is 1.48 bits per heavy atom. The number of benzene rings is 2. The van der Waals surface area contributed by atoms with Crippen LogP contribution < -0.4 is 16.4 Å². The first-order chi connectivity index (χ1) is 19.3. The SMILES string of the molecule is Cc1ccc(OC(F)(F)F)cc1-c1nccc2c(-c3ncccc3-c3ncnc4[nH]ccc34)c(C)ccc12.NN. The number of aromatic amines is 1. The van der Waals surface area contributed by atoms with Gasteiger partial charge in [-0.25, -0.2) is 9.97 Å². The highest BCUT2D eigenvalue weighted by Crippen LogP contribution is 2.41. The number of nitrogens with one attached hydrogen (secondary N) is 1. The summed E-state index contributed by atoms with van der Waals surface area (Å²) >= 11 is 0. The van der Waals surface area contributed by atoms with Crippen molar-refractivity contribution in [3.63, 3.8) is 0 Å². The fourth-order valence-electron chi connectivity index (χ4n) is 4.83. The number of hydrogen-bond donors (Lipinski definition) is 3. The van der Waals surface area contributed by atoms with Crippen LogP contribution in [0.5, 0.6) is 5.75 Å². The van der Waals surface area contributed by atoms with Gasteiger partial charge in [-0.1, -0.05) is 18.2 Å². The summed E-state index contributed by atoms with van der Waals surface area (Å²) in [5, 5.41) is 2.53. The molecule has 0 unspecified atom stereocenters. The van der Waals surface area contributed by atoms with Gasteiger partial charge in [0.25, 0.3) is 0 Å². The Morgan fingerprint density at radius 3 is 2.27 bits per heavy atom. The molecule has 8 nitrogen and oxygen atoms in total. The first-order valence-electron chi connectivity index (χ1n) is 12.1. The maximum Gasteiger partial charge on any atom is 0.573 e. The first-order valence-corrected chi connectivity index (χ1v) is 12.1. The van der Waals surface area contributed by atoms with Crippen molar-refractivity contribution in [2.45, 2.75) is 20.2 Å². The van der Waals surface area contributed by atoms with Crippen LogP contribution >= 0.6 is 0 Å². The van der Waals surface area contributed by atoms with E-state index in [2.05, 4.69) is 36.4 Å². The van der Waals surface area contributed by atoms with E-state index in [0.29, 0.717) is 11.3 Å². The van der Waals surface area contributed by atoms with E-state index in [9.17, 15) is 13.2 Å². The summed E-state index contributed by atoms with van der Waals surface area (Å²) in [4.78, 5) is 21.3. The zero-order valence-electron chi connectivity index (χ0n) is 21.5. The van der Waals surface area contributed by atoms with Gasteiger partial charge in [0.2, 0.25) is 0 Å². The molecule has 40 heavy (non-hydrogen) atoms. The van der Waals surface area contributed by atoms with Crippen LogP contribution in [-0.2, 0) is 0 Å². The molecule has 0 atom stereocenters. The Bertz CT molecular complexity index is 1830. The molecule has 0 fully saturated rings. The number of alkyl halides is 3. The molecule has 0 saturated carbocycles. The van der Waals surface area contributed by atoms with Crippen molar-refractivity contribution < 1.29 is 17.9 Å². The number of pyridine rings is 2. The Kier molecular flexibility index (Phi) is 7.16. The summed E-state index contributed by atoms with van der Waals surface area (Å²) in [6.07, 6.45) is 1.94. The predicted octanol–water partition coefficient (Wildman–Crippen LogP) is 6.24. The molecule has 4 aromatic heterocycles. The van der Waals surface area contributed by atoms with Crippen LogP contribution in [0.15, 0.2) is 79.5 Å². The summed E-state index contributed by atoms with van der Waals surface area (Å²) in [7, 11) is 0. The lowest BCUT2D eigenvalue weighted by molar-refractivity contribution is -0.274. The third-order valence-corrected chi connectivity index (χ3v) is 6.51. The second kappa shape index (κ2) is 10.7. The van der Waals surface area contributed by atoms with Gasteiger partial charge in [-0.3, -0.25) is 21.7 Å². The number of fused-ring (bicyclic) bond motifs is 2. The Hall–Kier alpha value is -4.87. The lowest BCUT2D eigenvalue weighted by Crippen LogP contribution is -2.17. The van der Waals surface area contributed by atoms with Crippen molar-refractivity contribution in [3.8, 4) is 39.5 Å². The molecule has 11 heteroatoms. The minimum atomic E-state index is -4.79. The van der Waals surface area contributed by atoms with E-state index < -0.39 is 6.36 Å². The maximum atomic E-state index is 12.9. The zero-order valence-corrected chi connectivity index (χ0v) is 21.5. The Balaban J connectivity index is 0.00000158. The lowest BCUT2D eigenvalue weighted by Gasteiger charge is -2.17. The van der Waals surface area contributed by atoms with Crippen molar-refractivity contribution >= 4 is 21.8 Å². The van der Waals surface area contributed by atoms with E-state index in [0.717, 1.165) is 55.4 Å². The molecular formula is C29H24F3N7O. The molecule has 0 spiro atoms. The van der Waals surface area contributed by atoms with Gasteiger partial charge in [0.1, 0.15) is 17.7 Å². The fourth-order valence-corrected chi connectivity index (χ4v) is 4.83. The molecule has 0 aliphatic rings. The number of halogens is 3. The third kappa shape index (κ3) is 4.95. The Labute approximate surface area is 226 Å². The highest BCUT2D eigenvalue weighted by Gasteiger charge is 2.31.